The number of hydrogen-bond donors (Lipinski definition) is 3. The van der Waals surface area contributed by atoms with Crippen molar-refractivity contribution in [2.75, 3.05) is 11.1 Å². The summed E-state index contributed by atoms with van der Waals surface area (Å²) in [4.78, 5) is 15.1. The number of carbonyl (C=O) groups is 1. The van der Waals surface area contributed by atoms with E-state index in [0.717, 1.165) is 11.5 Å². The molecule has 2 heterocycles. The molecule has 0 aliphatic rings. The van der Waals surface area contributed by atoms with Crippen molar-refractivity contribution in [3.8, 4) is 0 Å². The number of carbonyl (C=O) groups excluding carboxylic acids is 1. The molecule has 1 amide bonds. The number of hydrogen-bond acceptors (Lipinski definition) is 8. The highest BCUT2D eigenvalue weighted by Crippen LogP contribution is 2.26. The molecule has 2 aromatic rings. The molecule has 17 heavy (non-hydrogen) atoms. The predicted octanol–water partition coefficient (Wildman–Crippen LogP) is 0.128. The summed E-state index contributed by atoms with van der Waals surface area (Å²) in [5, 5.41) is 7.05. The highest BCUT2D eigenvalue weighted by Gasteiger charge is 2.16. The maximum atomic E-state index is 11.1. The second kappa shape index (κ2) is 4.37. The highest BCUT2D eigenvalue weighted by molar-refractivity contribution is 7.11. The molecule has 0 spiro atoms. The molecule has 90 valence electrons. The Balaban J connectivity index is 2.11. The quantitative estimate of drug-likeness (QED) is 0.705. The first-order valence-corrected chi connectivity index (χ1v) is 5.43. The zero-order valence-corrected chi connectivity index (χ0v) is 9.74. The summed E-state index contributed by atoms with van der Waals surface area (Å²) in [6.45, 7) is 2.00. The lowest BCUT2D eigenvalue weighted by molar-refractivity contribution is 0.100. The van der Waals surface area contributed by atoms with Crippen molar-refractivity contribution in [1.29, 1.82) is 0 Å². The van der Waals surface area contributed by atoms with Gasteiger partial charge in [0, 0.05) is 0 Å². The van der Waals surface area contributed by atoms with Gasteiger partial charge in [-0.2, -0.15) is 9.36 Å². The molecule has 8 nitrogen and oxygen atoms in total. The van der Waals surface area contributed by atoms with E-state index in [0.29, 0.717) is 16.7 Å². The average molecular weight is 254 g/mol. The van der Waals surface area contributed by atoms with Crippen molar-refractivity contribution in [3.05, 3.63) is 17.3 Å². The maximum absolute atomic E-state index is 11.1. The summed E-state index contributed by atoms with van der Waals surface area (Å²) >= 11 is 1.05. The van der Waals surface area contributed by atoms with E-state index in [1.807, 2.05) is 0 Å². The largest absolute Gasteiger partial charge is 0.382 e. The zero-order chi connectivity index (χ0) is 12.4. The fraction of sp³-hybridized carbons (Fsp3) is 0.250. The molecule has 9 heteroatoms. The third-order valence-corrected chi connectivity index (χ3v) is 2.75. The van der Waals surface area contributed by atoms with E-state index in [9.17, 15) is 4.79 Å². The summed E-state index contributed by atoms with van der Waals surface area (Å²) in [6, 6.07) is 0. The van der Waals surface area contributed by atoms with Crippen molar-refractivity contribution in [3.63, 3.8) is 0 Å². The lowest BCUT2D eigenvalue weighted by Gasteiger charge is -2.01. The summed E-state index contributed by atoms with van der Waals surface area (Å²) in [6.07, 6.45) is 0. The van der Waals surface area contributed by atoms with Gasteiger partial charge in [-0.25, -0.2) is 0 Å². The molecule has 0 aliphatic carbocycles. The fourth-order valence-electron chi connectivity index (χ4n) is 1.23. The molecule has 0 saturated carbocycles. The van der Waals surface area contributed by atoms with E-state index >= 15 is 0 Å². The molecule has 0 radical (unpaired) electrons. The van der Waals surface area contributed by atoms with Gasteiger partial charge in [-0.15, -0.1) is 0 Å². The first kappa shape index (κ1) is 11.3. The molecular weight excluding hydrogens is 244 g/mol. The number of nitrogens with two attached hydrogens (primary N) is 2. The summed E-state index contributed by atoms with van der Waals surface area (Å²) in [7, 11) is 0. The minimum Gasteiger partial charge on any atom is -0.382 e. The number of primary amides is 1. The summed E-state index contributed by atoms with van der Waals surface area (Å²) < 4.78 is 8.75. The van der Waals surface area contributed by atoms with E-state index in [4.69, 9.17) is 16.0 Å². The summed E-state index contributed by atoms with van der Waals surface area (Å²) in [5.41, 5.74) is 10.9. The average Bonchev–Trinajstić information content (AvgIpc) is 2.82. The zero-order valence-electron chi connectivity index (χ0n) is 8.93. The van der Waals surface area contributed by atoms with Crippen LogP contribution in [-0.2, 0) is 6.54 Å². The molecule has 0 fully saturated rings. The number of nitrogens with one attached hydrogen (secondary N) is 1. The molecule has 5 N–H and O–H groups in total. The van der Waals surface area contributed by atoms with Gasteiger partial charge >= 0.3 is 0 Å². The fourth-order valence-corrected chi connectivity index (χ4v) is 1.94. The minimum absolute atomic E-state index is 0.117. The Hall–Kier alpha value is -2.16. The lowest BCUT2D eigenvalue weighted by atomic mass is 10.3. The van der Waals surface area contributed by atoms with Crippen molar-refractivity contribution in [2.24, 2.45) is 5.73 Å². The molecule has 0 unspecified atom stereocenters. The van der Waals surface area contributed by atoms with E-state index in [-0.39, 0.29) is 17.9 Å². The van der Waals surface area contributed by atoms with Crippen molar-refractivity contribution >= 4 is 28.3 Å². The molecule has 0 aromatic carbocycles. The van der Waals surface area contributed by atoms with Gasteiger partial charge in [0.2, 0.25) is 5.89 Å². The third kappa shape index (κ3) is 2.33. The first-order valence-electron chi connectivity index (χ1n) is 4.66. The van der Waals surface area contributed by atoms with Crippen LogP contribution in [0.15, 0.2) is 4.52 Å². The monoisotopic (exact) mass is 254 g/mol. The number of aromatic nitrogens is 3. The number of aryl methyl sites for hydroxylation is 1. The van der Waals surface area contributed by atoms with Crippen LogP contribution in [-0.4, -0.2) is 20.4 Å². The van der Waals surface area contributed by atoms with Gasteiger partial charge in [0.1, 0.15) is 10.6 Å². The number of nitrogen functional groups attached to an aromatic ring is 1. The topological polar surface area (TPSA) is 133 Å². The van der Waals surface area contributed by atoms with Gasteiger partial charge in [-0.3, -0.25) is 4.79 Å². The predicted molar refractivity (Wildman–Crippen MR) is 61.4 cm³/mol. The Labute approximate surface area is 100 Å². The van der Waals surface area contributed by atoms with Crippen molar-refractivity contribution in [2.45, 2.75) is 13.5 Å². The van der Waals surface area contributed by atoms with Crippen LogP contribution in [0, 0.1) is 6.92 Å². The first-order chi connectivity index (χ1) is 8.08. The van der Waals surface area contributed by atoms with Gasteiger partial charge in [-0.1, -0.05) is 5.16 Å². The maximum Gasteiger partial charge on any atom is 0.255 e. The Bertz CT molecular complexity index is 548. The molecular formula is C8H10N6O2S. The SMILES string of the molecule is Cc1noc(CNc2snc(N)c2C(N)=O)n1. The number of rotatable bonds is 4. The number of anilines is 2. The van der Waals surface area contributed by atoms with Crippen LogP contribution < -0.4 is 16.8 Å². The van der Waals surface area contributed by atoms with Gasteiger partial charge in [0.05, 0.1) is 6.54 Å². The van der Waals surface area contributed by atoms with E-state index in [1.165, 1.54) is 0 Å². The van der Waals surface area contributed by atoms with Gasteiger partial charge in [-0.05, 0) is 18.5 Å². The van der Waals surface area contributed by atoms with Crippen LogP contribution in [0.25, 0.3) is 0 Å². The molecule has 2 aromatic heterocycles. The standard InChI is InChI=1S/C8H10N6O2S/c1-3-12-4(16-13-3)2-11-8-5(7(10)15)6(9)14-17-8/h11H,2H2,1H3,(H2,9,14)(H2,10,15). The van der Waals surface area contributed by atoms with Crippen LogP contribution >= 0.6 is 11.5 Å². The van der Waals surface area contributed by atoms with Gasteiger partial charge in [0.25, 0.3) is 5.91 Å². The van der Waals surface area contributed by atoms with Crippen LogP contribution in [0.5, 0.6) is 0 Å². The minimum atomic E-state index is -0.625. The summed E-state index contributed by atoms with van der Waals surface area (Å²) in [5.74, 6) is 0.442. The Kier molecular flexibility index (Phi) is 2.91. The third-order valence-electron chi connectivity index (χ3n) is 1.93. The van der Waals surface area contributed by atoms with E-state index in [1.54, 1.807) is 6.92 Å². The highest BCUT2D eigenvalue weighted by atomic mass is 32.1. The van der Waals surface area contributed by atoms with Crippen LogP contribution in [0.2, 0.25) is 0 Å². The van der Waals surface area contributed by atoms with Gasteiger partial charge < -0.3 is 21.3 Å². The second-order valence-electron chi connectivity index (χ2n) is 3.23. The normalized spacial score (nSPS) is 10.4. The number of nitrogens with zero attached hydrogens (tertiary/aromatic N) is 3. The molecule has 2 rings (SSSR count). The Morgan fingerprint density at radius 1 is 1.59 bits per heavy atom. The van der Waals surface area contributed by atoms with Crippen molar-refractivity contribution in [1.82, 2.24) is 14.5 Å². The molecule has 0 aliphatic heterocycles. The smallest absolute Gasteiger partial charge is 0.255 e. The van der Waals surface area contributed by atoms with Gasteiger partial charge in [0.15, 0.2) is 11.6 Å². The second-order valence-corrected chi connectivity index (χ2v) is 4.00. The van der Waals surface area contributed by atoms with Crippen LogP contribution in [0.1, 0.15) is 22.1 Å². The van der Waals surface area contributed by atoms with E-state index in [2.05, 4.69) is 19.8 Å². The Morgan fingerprint density at radius 3 is 2.94 bits per heavy atom. The Morgan fingerprint density at radius 2 is 2.35 bits per heavy atom. The van der Waals surface area contributed by atoms with Crippen LogP contribution in [0.3, 0.4) is 0 Å². The molecule has 0 bridgehead atoms. The van der Waals surface area contributed by atoms with E-state index < -0.39 is 5.91 Å². The lowest BCUT2D eigenvalue weighted by Crippen LogP contribution is -2.14. The van der Waals surface area contributed by atoms with Crippen LogP contribution in [0.4, 0.5) is 10.8 Å². The number of amides is 1. The molecule has 0 atom stereocenters. The van der Waals surface area contributed by atoms with Crippen molar-refractivity contribution < 1.29 is 9.32 Å². The molecule has 0 saturated heterocycles.